The molecule has 76 valence electrons. The molecule has 6 heteroatoms. The fraction of sp³-hybridized carbons (Fsp3) is 0.250. The summed E-state index contributed by atoms with van der Waals surface area (Å²) in [5, 5.41) is 0. The molecule has 1 aromatic heterocycles. The second kappa shape index (κ2) is 4.28. The largest absolute Gasteiger partial charge is 0.397 e. The summed E-state index contributed by atoms with van der Waals surface area (Å²) in [6.07, 6.45) is 1.53. The van der Waals surface area contributed by atoms with Gasteiger partial charge < -0.3 is 16.4 Å². The summed E-state index contributed by atoms with van der Waals surface area (Å²) < 4.78 is 0.737. The van der Waals surface area contributed by atoms with Crippen molar-refractivity contribution in [2.24, 2.45) is 5.73 Å². The van der Waals surface area contributed by atoms with Gasteiger partial charge in [-0.25, -0.2) is 4.98 Å². The van der Waals surface area contributed by atoms with Crippen molar-refractivity contribution in [2.45, 2.75) is 0 Å². The normalized spacial score (nSPS) is 9.86. The third-order valence-corrected chi connectivity index (χ3v) is 2.18. The Morgan fingerprint density at radius 1 is 1.71 bits per heavy atom. The van der Waals surface area contributed by atoms with Gasteiger partial charge in [-0.2, -0.15) is 0 Å². The minimum atomic E-state index is -0.405. The van der Waals surface area contributed by atoms with Crippen LogP contribution in [0.3, 0.4) is 0 Å². The highest BCUT2D eigenvalue weighted by molar-refractivity contribution is 9.10. The van der Waals surface area contributed by atoms with Crippen molar-refractivity contribution >= 4 is 33.3 Å². The van der Waals surface area contributed by atoms with Gasteiger partial charge in [-0.1, -0.05) is 0 Å². The van der Waals surface area contributed by atoms with Gasteiger partial charge in [0.05, 0.1) is 22.9 Å². The Hall–Kier alpha value is -1.30. The molecule has 1 amide bonds. The molecule has 1 rings (SSSR count). The maximum Gasteiger partial charge on any atom is 0.236 e. The Labute approximate surface area is 90.2 Å². The van der Waals surface area contributed by atoms with Crippen molar-refractivity contribution in [1.82, 2.24) is 4.98 Å². The van der Waals surface area contributed by atoms with Crippen LogP contribution in [0.15, 0.2) is 16.7 Å². The number of carbonyl (C=O) groups is 1. The van der Waals surface area contributed by atoms with Crippen molar-refractivity contribution in [3.8, 4) is 0 Å². The number of primary amides is 1. The average molecular weight is 259 g/mol. The third-order valence-electron chi connectivity index (χ3n) is 1.60. The first-order valence-electron chi connectivity index (χ1n) is 3.91. The van der Waals surface area contributed by atoms with E-state index in [4.69, 9.17) is 11.5 Å². The Morgan fingerprint density at radius 3 is 2.86 bits per heavy atom. The quantitative estimate of drug-likeness (QED) is 0.820. The molecule has 0 saturated heterocycles. The van der Waals surface area contributed by atoms with Crippen LogP contribution in [0.4, 0.5) is 11.5 Å². The van der Waals surface area contributed by atoms with Crippen LogP contribution in [0, 0.1) is 0 Å². The van der Waals surface area contributed by atoms with Gasteiger partial charge in [0, 0.05) is 7.05 Å². The van der Waals surface area contributed by atoms with Crippen molar-refractivity contribution in [1.29, 1.82) is 0 Å². The third kappa shape index (κ3) is 2.59. The number of nitrogens with two attached hydrogens (primary N) is 2. The SMILES string of the molecule is CN(CC(N)=O)c1ncc(N)cc1Br. The van der Waals surface area contributed by atoms with E-state index in [-0.39, 0.29) is 6.54 Å². The first-order chi connectivity index (χ1) is 6.50. The Bertz CT molecular complexity index is 355. The van der Waals surface area contributed by atoms with Gasteiger partial charge in [0.25, 0.3) is 0 Å². The van der Waals surface area contributed by atoms with Crippen molar-refractivity contribution < 1.29 is 4.79 Å². The summed E-state index contributed by atoms with van der Waals surface area (Å²) in [6, 6.07) is 1.72. The van der Waals surface area contributed by atoms with E-state index < -0.39 is 5.91 Å². The number of aromatic nitrogens is 1. The predicted molar refractivity (Wildman–Crippen MR) is 58.8 cm³/mol. The lowest BCUT2D eigenvalue weighted by molar-refractivity contribution is -0.116. The van der Waals surface area contributed by atoms with Crippen LogP contribution in [0.25, 0.3) is 0 Å². The molecule has 0 spiro atoms. The number of carbonyl (C=O) groups excluding carboxylic acids is 1. The van der Waals surface area contributed by atoms with Crippen LogP contribution in [-0.4, -0.2) is 24.5 Å². The van der Waals surface area contributed by atoms with Crippen molar-refractivity contribution in [3.63, 3.8) is 0 Å². The molecule has 1 aromatic rings. The molecule has 0 unspecified atom stereocenters. The number of halogens is 1. The highest BCUT2D eigenvalue weighted by atomic mass is 79.9. The van der Waals surface area contributed by atoms with Gasteiger partial charge in [-0.15, -0.1) is 0 Å². The predicted octanol–water partition coefficient (Wildman–Crippen LogP) is 0.348. The van der Waals surface area contributed by atoms with E-state index in [1.165, 1.54) is 6.20 Å². The summed E-state index contributed by atoms with van der Waals surface area (Å²) in [7, 11) is 1.73. The van der Waals surface area contributed by atoms with Crippen LogP contribution >= 0.6 is 15.9 Å². The zero-order valence-electron chi connectivity index (χ0n) is 7.70. The monoisotopic (exact) mass is 258 g/mol. The van der Waals surface area contributed by atoms with E-state index in [2.05, 4.69) is 20.9 Å². The first kappa shape index (κ1) is 10.8. The maximum absolute atomic E-state index is 10.7. The van der Waals surface area contributed by atoms with Crippen LogP contribution in [-0.2, 0) is 4.79 Å². The Morgan fingerprint density at radius 2 is 2.36 bits per heavy atom. The molecule has 0 atom stereocenters. The van der Waals surface area contributed by atoms with Gasteiger partial charge in [-0.3, -0.25) is 4.79 Å². The van der Waals surface area contributed by atoms with Crippen LogP contribution in [0.1, 0.15) is 0 Å². The van der Waals surface area contributed by atoms with Gasteiger partial charge in [0.1, 0.15) is 5.82 Å². The smallest absolute Gasteiger partial charge is 0.236 e. The topological polar surface area (TPSA) is 85.2 Å². The number of rotatable bonds is 3. The lowest BCUT2D eigenvalue weighted by atomic mass is 10.4. The van der Waals surface area contributed by atoms with Crippen LogP contribution < -0.4 is 16.4 Å². The molecule has 0 fully saturated rings. The van der Waals surface area contributed by atoms with Crippen molar-refractivity contribution in [3.05, 3.63) is 16.7 Å². The molecule has 1 heterocycles. The zero-order valence-corrected chi connectivity index (χ0v) is 9.28. The fourth-order valence-corrected chi connectivity index (χ4v) is 1.70. The van der Waals surface area contributed by atoms with E-state index in [1.807, 2.05) is 0 Å². The molecule has 0 radical (unpaired) electrons. The van der Waals surface area contributed by atoms with Gasteiger partial charge >= 0.3 is 0 Å². The molecule has 0 aliphatic carbocycles. The molecule has 5 nitrogen and oxygen atoms in total. The molecule has 0 saturated carbocycles. The molecule has 0 aromatic carbocycles. The molecular formula is C8H11BrN4O. The number of hydrogen-bond acceptors (Lipinski definition) is 4. The summed E-state index contributed by atoms with van der Waals surface area (Å²) in [5.41, 5.74) is 11.2. The molecule has 0 aliphatic heterocycles. The van der Waals surface area contributed by atoms with Crippen molar-refractivity contribution in [2.75, 3.05) is 24.2 Å². The minimum absolute atomic E-state index is 0.121. The fourth-order valence-electron chi connectivity index (χ4n) is 1.04. The lowest BCUT2D eigenvalue weighted by Gasteiger charge is -2.17. The molecule has 0 aliphatic rings. The molecule has 0 bridgehead atoms. The summed E-state index contributed by atoms with van der Waals surface area (Å²) >= 11 is 3.30. The number of hydrogen-bond donors (Lipinski definition) is 2. The second-order valence-corrected chi connectivity index (χ2v) is 3.75. The van der Waals surface area contributed by atoms with E-state index in [1.54, 1.807) is 18.0 Å². The molecule has 14 heavy (non-hydrogen) atoms. The number of amides is 1. The lowest BCUT2D eigenvalue weighted by Crippen LogP contribution is -2.31. The summed E-state index contributed by atoms with van der Waals surface area (Å²) in [4.78, 5) is 16.4. The van der Waals surface area contributed by atoms with Crippen LogP contribution in [0.5, 0.6) is 0 Å². The van der Waals surface area contributed by atoms with E-state index in [0.29, 0.717) is 11.5 Å². The Kier molecular flexibility index (Phi) is 3.29. The van der Waals surface area contributed by atoms with Gasteiger partial charge in [0.2, 0.25) is 5.91 Å². The number of nitrogen functional groups attached to an aromatic ring is 1. The number of anilines is 2. The molecule has 4 N–H and O–H groups in total. The zero-order chi connectivity index (χ0) is 10.7. The highest BCUT2D eigenvalue weighted by Crippen LogP contribution is 2.24. The molecular weight excluding hydrogens is 248 g/mol. The van der Waals surface area contributed by atoms with Gasteiger partial charge in [-0.05, 0) is 22.0 Å². The maximum atomic E-state index is 10.7. The van der Waals surface area contributed by atoms with E-state index >= 15 is 0 Å². The number of pyridine rings is 1. The average Bonchev–Trinajstić information content (AvgIpc) is 2.01. The standard InChI is InChI=1S/C8H11BrN4O/c1-13(4-7(11)14)8-6(9)2-5(10)3-12-8/h2-3H,4,10H2,1H3,(H2,11,14). The van der Waals surface area contributed by atoms with Gasteiger partial charge in [0.15, 0.2) is 0 Å². The highest BCUT2D eigenvalue weighted by Gasteiger charge is 2.09. The number of nitrogens with zero attached hydrogens (tertiary/aromatic N) is 2. The minimum Gasteiger partial charge on any atom is -0.397 e. The summed E-state index contributed by atoms with van der Waals surface area (Å²) in [5.74, 6) is 0.232. The Balaban J connectivity index is 2.90. The number of likely N-dealkylation sites (N-methyl/N-ethyl adjacent to an activating group) is 1. The van der Waals surface area contributed by atoms with Crippen LogP contribution in [0.2, 0.25) is 0 Å². The van der Waals surface area contributed by atoms with E-state index in [9.17, 15) is 4.79 Å². The van der Waals surface area contributed by atoms with E-state index in [0.717, 1.165) is 4.47 Å². The second-order valence-electron chi connectivity index (χ2n) is 2.90. The first-order valence-corrected chi connectivity index (χ1v) is 4.70. The summed E-state index contributed by atoms with van der Waals surface area (Å²) in [6.45, 7) is 0.121.